The second kappa shape index (κ2) is 6.64. The van der Waals surface area contributed by atoms with Gasteiger partial charge in [-0.1, -0.05) is 25.8 Å². The highest BCUT2D eigenvalue weighted by Gasteiger charge is 2.21. The molecule has 3 N–H and O–H groups in total. The van der Waals surface area contributed by atoms with Gasteiger partial charge in [0.2, 0.25) is 0 Å². The number of amides is 1. The van der Waals surface area contributed by atoms with Crippen LogP contribution >= 0.6 is 0 Å². The molecule has 2 rings (SSSR count). The van der Waals surface area contributed by atoms with Crippen LogP contribution in [0.2, 0.25) is 0 Å². The summed E-state index contributed by atoms with van der Waals surface area (Å²) in [5.41, 5.74) is 6.83. The molecule has 1 fully saturated rings. The molecule has 2 unspecified atom stereocenters. The summed E-state index contributed by atoms with van der Waals surface area (Å²) in [6.45, 7) is 2.28. The van der Waals surface area contributed by atoms with Crippen LogP contribution in [0.5, 0.6) is 5.75 Å². The number of benzene rings is 1. The van der Waals surface area contributed by atoms with Crippen molar-refractivity contribution in [2.45, 2.75) is 45.1 Å². The monoisotopic (exact) mass is 276 g/mol. The maximum atomic E-state index is 12.4. The van der Waals surface area contributed by atoms with Crippen LogP contribution in [0.1, 0.15) is 49.4 Å². The van der Waals surface area contributed by atoms with E-state index in [-0.39, 0.29) is 11.9 Å². The molecule has 1 aromatic carbocycles. The number of methoxy groups -OCH3 is 1. The molecule has 2 atom stereocenters. The first kappa shape index (κ1) is 14.7. The lowest BCUT2D eigenvalue weighted by Crippen LogP contribution is -2.35. The lowest BCUT2D eigenvalue weighted by Gasteiger charge is -2.18. The van der Waals surface area contributed by atoms with E-state index in [4.69, 9.17) is 10.5 Å². The smallest absolute Gasteiger partial charge is 0.257 e. The molecule has 20 heavy (non-hydrogen) atoms. The molecule has 1 saturated carbocycles. The number of hydrogen-bond donors (Lipinski definition) is 2. The van der Waals surface area contributed by atoms with Crippen LogP contribution in [0.3, 0.4) is 0 Å². The minimum atomic E-state index is -0.125. The van der Waals surface area contributed by atoms with Gasteiger partial charge < -0.3 is 15.8 Å². The van der Waals surface area contributed by atoms with E-state index < -0.39 is 0 Å². The Morgan fingerprint density at radius 1 is 1.30 bits per heavy atom. The van der Waals surface area contributed by atoms with Gasteiger partial charge in [-0.2, -0.15) is 0 Å². The largest absolute Gasteiger partial charge is 0.496 e. The first-order valence-corrected chi connectivity index (χ1v) is 7.35. The molecular weight excluding hydrogens is 252 g/mol. The number of carbonyl (C=O) groups is 1. The lowest BCUT2D eigenvalue weighted by molar-refractivity contribution is 0.0931. The summed E-state index contributed by atoms with van der Waals surface area (Å²) in [6, 6.07) is 5.53. The highest BCUT2D eigenvalue weighted by Crippen LogP contribution is 2.26. The van der Waals surface area contributed by atoms with Gasteiger partial charge in [0.25, 0.3) is 5.91 Å². The second-order valence-corrected chi connectivity index (χ2v) is 5.71. The number of anilines is 1. The third-order valence-electron chi connectivity index (χ3n) is 4.10. The van der Waals surface area contributed by atoms with Crippen molar-refractivity contribution in [2.24, 2.45) is 5.92 Å². The predicted molar refractivity (Wildman–Crippen MR) is 80.9 cm³/mol. The Morgan fingerprint density at radius 3 is 2.85 bits per heavy atom. The summed E-state index contributed by atoms with van der Waals surface area (Å²) >= 11 is 0. The Bertz CT molecular complexity index is 474. The van der Waals surface area contributed by atoms with E-state index in [2.05, 4.69) is 12.2 Å². The van der Waals surface area contributed by atoms with Crippen LogP contribution in [-0.4, -0.2) is 19.1 Å². The fourth-order valence-corrected chi connectivity index (χ4v) is 2.85. The molecule has 4 heteroatoms. The zero-order chi connectivity index (χ0) is 14.5. The van der Waals surface area contributed by atoms with Gasteiger partial charge in [0.1, 0.15) is 11.3 Å². The van der Waals surface area contributed by atoms with Gasteiger partial charge in [-0.25, -0.2) is 0 Å². The number of nitrogen functional groups attached to an aromatic ring is 1. The van der Waals surface area contributed by atoms with Crippen LogP contribution in [0, 0.1) is 5.92 Å². The first-order valence-electron chi connectivity index (χ1n) is 7.35. The van der Waals surface area contributed by atoms with Gasteiger partial charge >= 0.3 is 0 Å². The Kier molecular flexibility index (Phi) is 4.88. The number of nitrogens with one attached hydrogen (secondary N) is 1. The quantitative estimate of drug-likeness (QED) is 0.659. The van der Waals surface area contributed by atoms with Crippen molar-refractivity contribution >= 4 is 11.6 Å². The van der Waals surface area contributed by atoms with Crippen molar-refractivity contribution in [3.8, 4) is 5.75 Å². The zero-order valence-corrected chi connectivity index (χ0v) is 12.3. The molecule has 1 aromatic rings. The Morgan fingerprint density at radius 2 is 2.10 bits per heavy atom. The Balaban J connectivity index is 2.08. The predicted octanol–water partition coefficient (Wildman–Crippen LogP) is 2.98. The summed E-state index contributed by atoms with van der Waals surface area (Å²) in [4.78, 5) is 12.4. The first-order chi connectivity index (χ1) is 9.61. The van der Waals surface area contributed by atoms with E-state index >= 15 is 0 Å². The normalized spacial score (nSPS) is 22.9. The average molecular weight is 276 g/mol. The zero-order valence-electron chi connectivity index (χ0n) is 12.3. The van der Waals surface area contributed by atoms with E-state index in [0.717, 1.165) is 18.8 Å². The molecule has 0 spiro atoms. The maximum Gasteiger partial charge on any atom is 0.257 e. The van der Waals surface area contributed by atoms with E-state index in [9.17, 15) is 4.79 Å². The van der Waals surface area contributed by atoms with Crippen molar-refractivity contribution in [3.05, 3.63) is 23.8 Å². The molecule has 0 saturated heterocycles. The highest BCUT2D eigenvalue weighted by molar-refractivity contribution is 6.02. The molecule has 1 aliphatic carbocycles. The number of carbonyl (C=O) groups excluding carboxylic acids is 1. The fourth-order valence-electron chi connectivity index (χ4n) is 2.85. The number of hydrogen-bond acceptors (Lipinski definition) is 3. The third-order valence-corrected chi connectivity index (χ3v) is 4.10. The minimum absolute atomic E-state index is 0.125. The van der Waals surface area contributed by atoms with Gasteiger partial charge in [-0.05, 0) is 37.3 Å². The van der Waals surface area contributed by atoms with E-state index in [1.807, 2.05) is 0 Å². The van der Waals surface area contributed by atoms with Crippen LogP contribution in [0.25, 0.3) is 0 Å². The van der Waals surface area contributed by atoms with Crippen LogP contribution in [0.4, 0.5) is 5.69 Å². The molecule has 1 amide bonds. The second-order valence-electron chi connectivity index (χ2n) is 5.71. The van der Waals surface area contributed by atoms with Crippen LogP contribution in [0.15, 0.2) is 18.2 Å². The van der Waals surface area contributed by atoms with E-state index in [1.54, 1.807) is 25.3 Å². The molecule has 0 bridgehead atoms. The topological polar surface area (TPSA) is 64.3 Å². The molecule has 0 aromatic heterocycles. The standard InChI is InChI=1S/C16H24N2O2/c1-11-5-3-6-12(10-9-11)18-16(19)15-13(17)7-4-8-14(15)20-2/h4,7-8,11-12H,3,5-6,9-10,17H2,1-2H3,(H,18,19). The van der Waals surface area contributed by atoms with Gasteiger partial charge in [-0.3, -0.25) is 4.79 Å². The van der Waals surface area contributed by atoms with Crippen molar-refractivity contribution in [1.82, 2.24) is 5.32 Å². The Labute approximate surface area is 120 Å². The fraction of sp³-hybridized carbons (Fsp3) is 0.562. The van der Waals surface area contributed by atoms with E-state index in [1.165, 1.54) is 19.3 Å². The number of rotatable bonds is 3. The van der Waals surface area contributed by atoms with Crippen molar-refractivity contribution in [1.29, 1.82) is 0 Å². The molecule has 4 nitrogen and oxygen atoms in total. The SMILES string of the molecule is COc1cccc(N)c1C(=O)NC1CCCC(C)CC1. The minimum Gasteiger partial charge on any atom is -0.496 e. The molecular formula is C16H24N2O2. The molecule has 0 heterocycles. The summed E-state index contributed by atoms with van der Waals surface area (Å²) < 4.78 is 5.24. The van der Waals surface area contributed by atoms with Gasteiger partial charge in [0, 0.05) is 11.7 Å². The molecule has 110 valence electrons. The maximum absolute atomic E-state index is 12.4. The highest BCUT2D eigenvalue weighted by atomic mass is 16.5. The van der Waals surface area contributed by atoms with Crippen molar-refractivity contribution in [2.75, 3.05) is 12.8 Å². The average Bonchev–Trinajstić information content (AvgIpc) is 2.63. The third kappa shape index (κ3) is 3.44. The summed E-state index contributed by atoms with van der Waals surface area (Å²) in [5.74, 6) is 1.16. The lowest BCUT2D eigenvalue weighted by atomic mass is 10.0. The molecule has 0 aliphatic heterocycles. The molecule has 0 radical (unpaired) electrons. The van der Waals surface area contributed by atoms with Gasteiger partial charge in [-0.15, -0.1) is 0 Å². The van der Waals surface area contributed by atoms with E-state index in [0.29, 0.717) is 17.0 Å². The van der Waals surface area contributed by atoms with Gasteiger partial charge in [0.05, 0.1) is 7.11 Å². The van der Waals surface area contributed by atoms with Crippen LogP contribution in [-0.2, 0) is 0 Å². The number of ether oxygens (including phenoxy) is 1. The number of nitrogens with two attached hydrogens (primary N) is 1. The van der Waals surface area contributed by atoms with Crippen molar-refractivity contribution < 1.29 is 9.53 Å². The Hall–Kier alpha value is -1.71. The summed E-state index contributed by atoms with van der Waals surface area (Å²) in [5, 5.41) is 3.11. The van der Waals surface area contributed by atoms with Crippen molar-refractivity contribution in [3.63, 3.8) is 0 Å². The van der Waals surface area contributed by atoms with Crippen LogP contribution < -0.4 is 15.8 Å². The molecule has 1 aliphatic rings. The van der Waals surface area contributed by atoms with Gasteiger partial charge in [0.15, 0.2) is 0 Å². The summed E-state index contributed by atoms with van der Waals surface area (Å²) in [6.07, 6.45) is 5.69. The summed E-state index contributed by atoms with van der Waals surface area (Å²) in [7, 11) is 1.55.